The van der Waals surface area contributed by atoms with E-state index in [0.29, 0.717) is 0 Å². The van der Waals surface area contributed by atoms with Crippen LogP contribution in [0.2, 0.25) is 0 Å². The monoisotopic (exact) mass is 213 g/mol. The van der Waals surface area contributed by atoms with Crippen molar-refractivity contribution in [2.45, 2.75) is 26.9 Å². The molecule has 0 aromatic heterocycles. The fourth-order valence-corrected chi connectivity index (χ4v) is 0.983. The van der Waals surface area contributed by atoms with Crippen LogP contribution >= 0.6 is 0 Å². The second-order valence-corrected chi connectivity index (χ2v) is 3.23. The van der Waals surface area contributed by atoms with Crippen molar-refractivity contribution in [2.24, 2.45) is 5.73 Å². The lowest BCUT2D eigenvalue weighted by Crippen LogP contribution is -2.25. The largest absolute Gasteiger partial charge is 0.478 e. The quantitative estimate of drug-likeness (QED) is 0.532. The van der Waals surface area contributed by atoms with Gasteiger partial charge in [0.2, 0.25) is 0 Å². The second-order valence-electron chi connectivity index (χ2n) is 3.23. The SMILES string of the molecule is C=C(C)C(=O)OC(C)/C(C(=O)O)=C(\C)N. The first-order valence-electron chi connectivity index (χ1n) is 4.33. The van der Waals surface area contributed by atoms with Crippen LogP contribution in [0.5, 0.6) is 0 Å². The summed E-state index contributed by atoms with van der Waals surface area (Å²) in [4.78, 5) is 21.9. The Morgan fingerprint density at radius 2 is 1.87 bits per heavy atom. The van der Waals surface area contributed by atoms with Crippen LogP contribution in [0.4, 0.5) is 0 Å². The molecule has 0 saturated carbocycles. The van der Waals surface area contributed by atoms with Crippen LogP contribution in [0.25, 0.3) is 0 Å². The van der Waals surface area contributed by atoms with Gasteiger partial charge in [-0.25, -0.2) is 9.59 Å². The van der Waals surface area contributed by atoms with Gasteiger partial charge in [-0.05, 0) is 20.8 Å². The molecule has 3 N–H and O–H groups in total. The Bertz CT molecular complexity index is 326. The third-order valence-corrected chi connectivity index (χ3v) is 1.69. The summed E-state index contributed by atoms with van der Waals surface area (Å²) in [5, 5.41) is 8.81. The van der Waals surface area contributed by atoms with Gasteiger partial charge >= 0.3 is 11.9 Å². The number of ether oxygens (including phenoxy) is 1. The topological polar surface area (TPSA) is 89.6 Å². The number of allylic oxidation sites excluding steroid dienone is 1. The van der Waals surface area contributed by atoms with Crippen LogP contribution < -0.4 is 5.73 Å². The van der Waals surface area contributed by atoms with Crippen molar-refractivity contribution >= 4 is 11.9 Å². The number of carboxylic acid groups (broad SMARTS) is 1. The van der Waals surface area contributed by atoms with Crippen LogP contribution in [0.1, 0.15) is 20.8 Å². The van der Waals surface area contributed by atoms with Gasteiger partial charge in [-0.15, -0.1) is 0 Å². The van der Waals surface area contributed by atoms with Gasteiger partial charge in [0.05, 0.1) is 5.57 Å². The molecule has 0 bridgehead atoms. The molecule has 0 aliphatic rings. The maximum Gasteiger partial charge on any atom is 0.337 e. The second kappa shape index (κ2) is 5.19. The van der Waals surface area contributed by atoms with Gasteiger partial charge < -0.3 is 15.6 Å². The zero-order valence-electron chi connectivity index (χ0n) is 9.03. The van der Waals surface area contributed by atoms with Crippen molar-refractivity contribution in [2.75, 3.05) is 0 Å². The number of hydrogen-bond donors (Lipinski definition) is 2. The molecule has 0 spiro atoms. The fourth-order valence-electron chi connectivity index (χ4n) is 0.983. The molecule has 15 heavy (non-hydrogen) atoms. The molecule has 0 fully saturated rings. The third kappa shape index (κ3) is 3.84. The van der Waals surface area contributed by atoms with E-state index in [0.717, 1.165) is 0 Å². The van der Waals surface area contributed by atoms with Crippen LogP contribution in [0, 0.1) is 0 Å². The molecular formula is C10H15NO4. The minimum atomic E-state index is -1.20. The van der Waals surface area contributed by atoms with E-state index in [1.165, 1.54) is 20.8 Å². The van der Waals surface area contributed by atoms with Crippen molar-refractivity contribution in [1.29, 1.82) is 0 Å². The number of carboxylic acids is 1. The number of carbonyl (C=O) groups excluding carboxylic acids is 1. The van der Waals surface area contributed by atoms with Crippen LogP contribution in [0.15, 0.2) is 23.4 Å². The van der Waals surface area contributed by atoms with Gasteiger partial charge in [0.25, 0.3) is 0 Å². The Kier molecular flexibility index (Phi) is 4.57. The fraction of sp³-hybridized carbons (Fsp3) is 0.400. The number of carbonyl (C=O) groups is 2. The van der Waals surface area contributed by atoms with E-state index in [-0.39, 0.29) is 16.8 Å². The first-order valence-corrected chi connectivity index (χ1v) is 4.33. The van der Waals surface area contributed by atoms with Crippen molar-refractivity contribution in [3.05, 3.63) is 23.4 Å². The summed E-state index contributed by atoms with van der Waals surface area (Å²) in [6, 6.07) is 0. The van der Waals surface area contributed by atoms with Crippen molar-refractivity contribution in [3.8, 4) is 0 Å². The molecule has 0 radical (unpaired) electrons. The van der Waals surface area contributed by atoms with Gasteiger partial charge in [0.15, 0.2) is 0 Å². The number of nitrogens with two attached hydrogens (primary N) is 1. The Morgan fingerprint density at radius 3 is 2.13 bits per heavy atom. The number of hydrogen-bond acceptors (Lipinski definition) is 4. The van der Waals surface area contributed by atoms with E-state index < -0.39 is 18.0 Å². The minimum Gasteiger partial charge on any atom is -0.478 e. The van der Waals surface area contributed by atoms with Crippen molar-refractivity contribution in [1.82, 2.24) is 0 Å². The summed E-state index contributed by atoms with van der Waals surface area (Å²) in [5.74, 6) is -1.83. The van der Waals surface area contributed by atoms with E-state index in [1.54, 1.807) is 0 Å². The maximum absolute atomic E-state index is 11.1. The van der Waals surface area contributed by atoms with E-state index in [2.05, 4.69) is 6.58 Å². The first kappa shape index (κ1) is 13.2. The number of aliphatic carboxylic acids is 1. The number of esters is 1. The predicted molar refractivity (Wildman–Crippen MR) is 54.9 cm³/mol. The molecule has 0 aromatic carbocycles. The Labute approximate surface area is 88.2 Å². The molecule has 0 heterocycles. The smallest absolute Gasteiger partial charge is 0.337 e. The lowest BCUT2D eigenvalue weighted by Gasteiger charge is -2.15. The van der Waals surface area contributed by atoms with Crippen molar-refractivity contribution in [3.63, 3.8) is 0 Å². The van der Waals surface area contributed by atoms with E-state index in [1.807, 2.05) is 0 Å². The lowest BCUT2D eigenvalue weighted by atomic mass is 10.1. The Balaban J connectivity index is 4.77. The summed E-state index contributed by atoms with van der Waals surface area (Å²) in [5.41, 5.74) is 5.58. The zero-order valence-corrected chi connectivity index (χ0v) is 9.03. The molecule has 1 atom stereocenters. The molecule has 5 nitrogen and oxygen atoms in total. The third-order valence-electron chi connectivity index (χ3n) is 1.69. The molecule has 0 aliphatic carbocycles. The van der Waals surface area contributed by atoms with Gasteiger partial charge in [-0.3, -0.25) is 0 Å². The van der Waals surface area contributed by atoms with E-state index in [9.17, 15) is 9.59 Å². The average molecular weight is 213 g/mol. The average Bonchev–Trinajstić information content (AvgIpc) is 2.01. The molecular weight excluding hydrogens is 198 g/mol. The summed E-state index contributed by atoms with van der Waals surface area (Å²) in [6.45, 7) is 7.75. The highest BCUT2D eigenvalue weighted by molar-refractivity contribution is 5.91. The van der Waals surface area contributed by atoms with Gasteiger partial charge in [0.1, 0.15) is 6.10 Å². The van der Waals surface area contributed by atoms with E-state index >= 15 is 0 Å². The standard InChI is InChI=1S/C10H15NO4/c1-5(2)10(14)15-7(4)8(6(3)11)9(12)13/h7H,1,11H2,2-4H3,(H,12,13)/b8-6-. The highest BCUT2D eigenvalue weighted by Crippen LogP contribution is 2.11. The maximum atomic E-state index is 11.1. The minimum absolute atomic E-state index is 0.115. The molecule has 0 saturated heterocycles. The van der Waals surface area contributed by atoms with Crippen LogP contribution in [-0.2, 0) is 14.3 Å². The molecule has 84 valence electrons. The zero-order chi connectivity index (χ0) is 12.2. The molecule has 0 aromatic rings. The summed E-state index contributed by atoms with van der Waals surface area (Å²) in [7, 11) is 0. The molecule has 0 amide bonds. The first-order chi connectivity index (χ1) is 6.77. The van der Waals surface area contributed by atoms with Gasteiger partial charge in [-0.1, -0.05) is 6.58 Å². The van der Waals surface area contributed by atoms with Crippen LogP contribution in [-0.4, -0.2) is 23.1 Å². The highest BCUT2D eigenvalue weighted by Gasteiger charge is 2.22. The summed E-state index contributed by atoms with van der Waals surface area (Å²) >= 11 is 0. The molecule has 0 rings (SSSR count). The Morgan fingerprint density at radius 1 is 1.40 bits per heavy atom. The van der Waals surface area contributed by atoms with Gasteiger partial charge in [-0.2, -0.15) is 0 Å². The predicted octanol–water partition coefficient (Wildman–Crippen LogP) is 0.812. The van der Waals surface area contributed by atoms with Gasteiger partial charge in [0, 0.05) is 11.3 Å². The normalized spacial score (nSPS) is 13.8. The molecule has 5 heteroatoms. The Hall–Kier alpha value is -1.78. The number of rotatable bonds is 4. The van der Waals surface area contributed by atoms with Crippen molar-refractivity contribution < 1.29 is 19.4 Å². The summed E-state index contributed by atoms with van der Waals surface area (Å²) in [6.07, 6.45) is -0.892. The van der Waals surface area contributed by atoms with Crippen LogP contribution in [0.3, 0.4) is 0 Å². The molecule has 0 aliphatic heterocycles. The summed E-state index contributed by atoms with van der Waals surface area (Å²) < 4.78 is 4.84. The molecule has 1 unspecified atom stereocenters. The lowest BCUT2D eigenvalue weighted by molar-refractivity contribution is -0.143. The highest BCUT2D eigenvalue weighted by atomic mass is 16.5. The van der Waals surface area contributed by atoms with E-state index in [4.69, 9.17) is 15.6 Å².